The summed E-state index contributed by atoms with van der Waals surface area (Å²) in [5.41, 5.74) is 0.333. The molecule has 1 amide bonds. The third-order valence-electron chi connectivity index (χ3n) is 4.23. The standard InChI is InChI=1S/C21H18ClF3N2O2/c1-26(2)20(28)29-19-17(15-8-10-16(22)11-9-15)12-18(21(23,24)25)27(19)13-14-6-4-3-5-7-14/h3-12H,13H2,1-2H3. The molecule has 0 saturated carbocycles. The van der Waals surface area contributed by atoms with E-state index in [0.717, 1.165) is 15.5 Å². The summed E-state index contributed by atoms with van der Waals surface area (Å²) in [5, 5.41) is 0.445. The molecule has 8 heteroatoms. The summed E-state index contributed by atoms with van der Waals surface area (Å²) in [7, 11) is 2.92. The molecule has 0 radical (unpaired) electrons. The molecule has 0 N–H and O–H groups in total. The zero-order valence-corrected chi connectivity index (χ0v) is 16.5. The van der Waals surface area contributed by atoms with Crippen LogP contribution >= 0.6 is 11.6 Å². The first-order chi connectivity index (χ1) is 13.7. The molecule has 29 heavy (non-hydrogen) atoms. The van der Waals surface area contributed by atoms with Crippen molar-refractivity contribution in [2.75, 3.05) is 14.1 Å². The maximum atomic E-state index is 13.8. The number of aromatic nitrogens is 1. The van der Waals surface area contributed by atoms with E-state index in [9.17, 15) is 18.0 Å². The SMILES string of the molecule is CN(C)C(=O)Oc1c(-c2ccc(Cl)cc2)cc(C(F)(F)F)n1Cc1ccccc1. The molecular formula is C21H18ClF3N2O2. The molecule has 2 aromatic carbocycles. The van der Waals surface area contributed by atoms with Crippen molar-refractivity contribution in [3.05, 3.63) is 76.9 Å². The number of benzene rings is 2. The molecule has 0 saturated heterocycles. The maximum Gasteiger partial charge on any atom is 0.431 e. The fraction of sp³-hybridized carbons (Fsp3) is 0.190. The van der Waals surface area contributed by atoms with E-state index in [1.54, 1.807) is 54.6 Å². The minimum Gasteiger partial charge on any atom is -0.392 e. The Balaban J connectivity index is 2.21. The van der Waals surface area contributed by atoms with E-state index in [4.69, 9.17) is 16.3 Å². The third-order valence-corrected chi connectivity index (χ3v) is 4.48. The number of alkyl halides is 3. The second-order valence-corrected chi connectivity index (χ2v) is 7.02. The van der Waals surface area contributed by atoms with Gasteiger partial charge in [-0.1, -0.05) is 54.1 Å². The quantitative estimate of drug-likeness (QED) is 0.521. The van der Waals surface area contributed by atoms with Gasteiger partial charge in [0.25, 0.3) is 0 Å². The van der Waals surface area contributed by atoms with Crippen molar-refractivity contribution in [1.82, 2.24) is 9.47 Å². The third kappa shape index (κ3) is 4.74. The lowest BCUT2D eigenvalue weighted by Gasteiger charge is -2.17. The number of ether oxygens (including phenoxy) is 1. The Kier molecular flexibility index (Phi) is 5.88. The van der Waals surface area contributed by atoms with Crippen molar-refractivity contribution in [3.8, 4) is 17.0 Å². The van der Waals surface area contributed by atoms with E-state index in [1.807, 2.05) is 0 Å². The van der Waals surface area contributed by atoms with E-state index in [-0.39, 0.29) is 18.0 Å². The van der Waals surface area contributed by atoms with Crippen LogP contribution in [0.3, 0.4) is 0 Å². The first kappa shape index (κ1) is 20.8. The van der Waals surface area contributed by atoms with Gasteiger partial charge in [0.1, 0.15) is 5.69 Å². The Morgan fingerprint density at radius 1 is 1.07 bits per heavy atom. The van der Waals surface area contributed by atoms with Gasteiger partial charge in [0.05, 0.1) is 6.54 Å². The van der Waals surface area contributed by atoms with Gasteiger partial charge >= 0.3 is 12.3 Å². The Morgan fingerprint density at radius 3 is 2.24 bits per heavy atom. The molecular weight excluding hydrogens is 405 g/mol. The molecule has 3 aromatic rings. The molecule has 152 valence electrons. The number of hydrogen-bond donors (Lipinski definition) is 0. The summed E-state index contributed by atoms with van der Waals surface area (Å²) in [6.07, 6.45) is -5.42. The fourth-order valence-electron chi connectivity index (χ4n) is 2.81. The summed E-state index contributed by atoms with van der Waals surface area (Å²) >= 11 is 5.90. The molecule has 0 aliphatic rings. The van der Waals surface area contributed by atoms with Crippen LogP contribution in [-0.2, 0) is 12.7 Å². The number of rotatable bonds is 4. The van der Waals surface area contributed by atoms with E-state index in [1.165, 1.54) is 14.1 Å². The number of carbonyl (C=O) groups excluding carboxylic acids is 1. The second-order valence-electron chi connectivity index (χ2n) is 6.59. The van der Waals surface area contributed by atoms with E-state index in [0.29, 0.717) is 16.1 Å². The van der Waals surface area contributed by atoms with Gasteiger partial charge in [-0.05, 0) is 29.3 Å². The van der Waals surface area contributed by atoms with E-state index in [2.05, 4.69) is 0 Å². The summed E-state index contributed by atoms with van der Waals surface area (Å²) in [5.74, 6) is -0.179. The normalized spacial score (nSPS) is 11.4. The van der Waals surface area contributed by atoms with Crippen molar-refractivity contribution in [2.45, 2.75) is 12.7 Å². The lowest BCUT2D eigenvalue weighted by molar-refractivity contribution is -0.143. The molecule has 1 heterocycles. The molecule has 4 nitrogen and oxygen atoms in total. The smallest absolute Gasteiger partial charge is 0.392 e. The maximum absolute atomic E-state index is 13.8. The second kappa shape index (κ2) is 8.21. The Bertz CT molecular complexity index is 997. The molecule has 0 spiro atoms. The molecule has 0 unspecified atom stereocenters. The van der Waals surface area contributed by atoms with Crippen LogP contribution in [-0.4, -0.2) is 29.7 Å². The predicted molar refractivity (Wildman–Crippen MR) is 105 cm³/mol. The van der Waals surface area contributed by atoms with Crippen LogP contribution in [0.5, 0.6) is 5.88 Å². The van der Waals surface area contributed by atoms with Crippen molar-refractivity contribution in [2.24, 2.45) is 0 Å². The van der Waals surface area contributed by atoms with Crippen LogP contribution in [0.2, 0.25) is 5.02 Å². The summed E-state index contributed by atoms with van der Waals surface area (Å²) in [4.78, 5) is 13.4. The Morgan fingerprint density at radius 2 is 1.69 bits per heavy atom. The minimum absolute atomic E-state index is 0.112. The number of halogens is 4. The lowest BCUT2D eigenvalue weighted by Crippen LogP contribution is -2.27. The largest absolute Gasteiger partial charge is 0.431 e. The highest BCUT2D eigenvalue weighted by molar-refractivity contribution is 6.30. The van der Waals surface area contributed by atoms with Gasteiger partial charge in [0.2, 0.25) is 5.88 Å². The molecule has 0 aliphatic carbocycles. The van der Waals surface area contributed by atoms with Crippen molar-refractivity contribution in [3.63, 3.8) is 0 Å². The first-order valence-corrected chi connectivity index (χ1v) is 9.04. The number of amides is 1. The van der Waals surface area contributed by atoms with Crippen LogP contribution in [0.25, 0.3) is 11.1 Å². The molecule has 0 atom stereocenters. The lowest BCUT2D eigenvalue weighted by atomic mass is 10.1. The van der Waals surface area contributed by atoms with Crippen molar-refractivity contribution < 1.29 is 22.7 Å². The first-order valence-electron chi connectivity index (χ1n) is 8.66. The van der Waals surface area contributed by atoms with Gasteiger partial charge in [-0.15, -0.1) is 0 Å². The van der Waals surface area contributed by atoms with Crippen LogP contribution in [0.15, 0.2) is 60.7 Å². The van der Waals surface area contributed by atoms with Gasteiger partial charge in [-0.2, -0.15) is 13.2 Å². The zero-order chi connectivity index (χ0) is 21.2. The van der Waals surface area contributed by atoms with Crippen LogP contribution in [0.1, 0.15) is 11.3 Å². The molecule has 0 bridgehead atoms. The summed E-state index contributed by atoms with van der Waals surface area (Å²) < 4.78 is 47.8. The average Bonchev–Trinajstić information content (AvgIpc) is 3.01. The average molecular weight is 423 g/mol. The molecule has 0 aliphatic heterocycles. The van der Waals surface area contributed by atoms with Crippen molar-refractivity contribution in [1.29, 1.82) is 0 Å². The molecule has 0 fully saturated rings. The van der Waals surface area contributed by atoms with Gasteiger partial charge < -0.3 is 14.2 Å². The van der Waals surface area contributed by atoms with Crippen molar-refractivity contribution >= 4 is 17.7 Å². The van der Waals surface area contributed by atoms with Crippen LogP contribution < -0.4 is 4.74 Å². The highest BCUT2D eigenvalue weighted by atomic mass is 35.5. The van der Waals surface area contributed by atoms with E-state index >= 15 is 0 Å². The van der Waals surface area contributed by atoms with Gasteiger partial charge in [0, 0.05) is 24.7 Å². The number of carbonyl (C=O) groups is 1. The monoisotopic (exact) mass is 422 g/mol. The Labute approximate surface area is 171 Å². The number of hydrogen-bond acceptors (Lipinski definition) is 2. The number of nitrogens with zero attached hydrogens (tertiary/aromatic N) is 2. The highest BCUT2D eigenvalue weighted by Gasteiger charge is 2.38. The minimum atomic E-state index is -4.64. The highest BCUT2D eigenvalue weighted by Crippen LogP contribution is 2.41. The molecule has 3 rings (SSSR count). The summed E-state index contributed by atoms with van der Waals surface area (Å²) in [6, 6.07) is 15.9. The predicted octanol–water partition coefficient (Wildman–Crippen LogP) is 5.94. The fourth-order valence-corrected chi connectivity index (χ4v) is 2.94. The van der Waals surface area contributed by atoms with Crippen LogP contribution in [0, 0.1) is 0 Å². The zero-order valence-electron chi connectivity index (χ0n) is 15.7. The van der Waals surface area contributed by atoms with Gasteiger partial charge in [-0.25, -0.2) is 4.79 Å². The van der Waals surface area contributed by atoms with Gasteiger partial charge in [0.15, 0.2) is 0 Å². The molecule has 1 aromatic heterocycles. The topological polar surface area (TPSA) is 34.5 Å². The van der Waals surface area contributed by atoms with Gasteiger partial charge in [-0.3, -0.25) is 0 Å². The summed E-state index contributed by atoms with van der Waals surface area (Å²) in [6.45, 7) is -0.112. The Hall–Kier alpha value is -2.93. The van der Waals surface area contributed by atoms with Crippen LogP contribution in [0.4, 0.5) is 18.0 Å². The van der Waals surface area contributed by atoms with E-state index < -0.39 is 18.0 Å².